The molecule has 2 aromatic carbocycles. The molecule has 0 radical (unpaired) electrons. The molecule has 168 valence electrons. The summed E-state index contributed by atoms with van der Waals surface area (Å²) in [6.45, 7) is 3.95. The summed E-state index contributed by atoms with van der Waals surface area (Å²) < 4.78 is 2.00. The van der Waals surface area contributed by atoms with Gasteiger partial charge in [-0.1, -0.05) is 18.2 Å². The summed E-state index contributed by atoms with van der Waals surface area (Å²) in [6, 6.07) is 21.6. The van der Waals surface area contributed by atoms with Crippen LogP contribution in [-0.4, -0.2) is 20.4 Å². The van der Waals surface area contributed by atoms with Gasteiger partial charge < -0.3 is 15.2 Å². The molecule has 0 saturated heterocycles. The molecule has 5 rings (SSSR count). The van der Waals surface area contributed by atoms with Crippen molar-refractivity contribution >= 4 is 34.0 Å². The zero-order valence-corrected chi connectivity index (χ0v) is 19.3. The number of nitrogens with zero attached hydrogens (tertiary/aromatic N) is 3. The van der Waals surface area contributed by atoms with Crippen LogP contribution in [0.5, 0.6) is 0 Å². The van der Waals surface area contributed by atoms with Gasteiger partial charge in [0.25, 0.3) is 5.91 Å². The van der Waals surface area contributed by atoms with E-state index in [9.17, 15) is 4.79 Å². The molecule has 0 saturated carbocycles. The van der Waals surface area contributed by atoms with Gasteiger partial charge in [-0.15, -0.1) is 0 Å². The average molecular weight is 448 g/mol. The van der Waals surface area contributed by atoms with E-state index in [1.54, 1.807) is 12.4 Å². The number of carbonyl (C=O) groups excluding carboxylic acids is 1. The van der Waals surface area contributed by atoms with Gasteiger partial charge in [0.2, 0.25) is 0 Å². The van der Waals surface area contributed by atoms with Crippen LogP contribution in [0.4, 0.5) is 17.1 Å². The molecule has 6 nitrogen and oxygen atoms in total. The Hall–Kier alpha value is -4.45. The quantitative estimate of drug-likeness (QED) is 0.334. The summed E-state index contributed by atoms with van der Waals surface area (Å²) in [5, 5.41) is 7.52. The lowest BCUT2D eigenvalue weighted by Gasteiger charge is -2.14. The van der Waals surface area contributed by atoms with Crippen molar-refractivity contribution < 1.29 is 4.79 Å². The highest BCUT2D eigenvalue weighted by Crippen LogP contribution is 2.31. The van der Waals surface area contributed by atoms with Crippen LogP contribution < -0.4 is 10.6 Å². The predicted octanol–water partition coefficient (Wildman–Crippen LogP) is 6.25. The van der Waals surface area contributed by atoms with Crippen LogP contribution in [-0.2, 0) is 7.05 Å². The first kappa shape index (κ1) is 21.4. The van der Waals surface area contributed by atoms with Gasteiger partial charge in [0.1, 0.15) is 5.65 Å². The number of aromatic nitrogens is 3. The molecule has 3 heterocycles. The van der Waals surface area contributed by atoms with Gasteiger partial charge in [0.15, 0.2) is 0 Å². The van der Waals surface area contributed by atoms with Gasteiger partial charge >= 0.3 is 0 Å². The first-order valence-corrected chi connectivity index (χ1v) is 11.1. The minimum Gasteiger partial charge on any atom is -0.355 e. The molecule has 0 aliphatic rings. The highest BCUT2D eigenvalue weighted by Gasteiger charge is 2.14. The molecule has 0 atom stereocenters. The summed E-state index contributed by atoms with van der Waals surface area (Å²) >= 11 is 0. The third-order valence-electron chi connectivity index (χ3n) is 5.83. The van der Waals surface area contributed by atoms with Crippen molar-refractivity contribution in [1.82, 2.24) is 14.5 Å². The SMILES string of the molecule is Cc1cccc(NC(=O)c2cc(Nc3cc(-c4cccnc4)nc4c3ccn4C)ccc2C)c1. The van der Waals surface area contributed by atoms with Crippen molar-refractivity contribution in [2.75, 3.05) is 10.6 Å². The molecule has 6 heteroatoms. The van der Waals surface area contributed by atoms with E-state index in [0.717, 1.165) is 50.5 Å². The summed E-state index contributed by atoms with van der Waals surface area (Å²) in [6.07, 6.45) is 5.55. The monoisotopic (exact) mass is 447 g/mol. The van der Waals surface area contributed by atoms with E-state index in [-0.39, 0.29) is 5.91 Å². The van der Waals surface area contributed by atoms with E-state index in [4.69, 9.17) is 4.98 Å². The number of anilines is 3. The minimum absolute atomic E-state index is 0.137. The number of fused-ring (bicyclic) bond motifs is 1. The van der Waals surface area contributed by atoms with E-state index >= 15 is 0 Å². The van der Waals surface area contributed by atoms with Gasteiger partial charge in [-0.05, 0) is 73.5 Å². The molecule has 0 aliphatic carbocycles. The Morgan fingerprint density at radius 2 is 1.82 bits per heavy atom. The Kier molecular flexibility index (Phi) is 5.55. The maximum absolute atomic E-state index is 13.0. The number of benzene rings is 2. The Bertz CT molecular complexity index is 1500. The minimum atomic E-state index is -0.137. The number of pyridine rings is 2. The third-order valence-corrected chi connectivity index (χ3v) is 5.83. The van der Waals surface area contributed by atoms with E-state index < -0.39 is 0 Å². The first-order valence-electron chi connectivity index (χ1n) is 11.1. The number of nitrogens with one attached hydrogen (secondary N) is 2. The standard InChI is InChI=1S/C28H25N5O/c1-18-6-4-8-21(14-18)31-28(34)24-15-22(10-9-19(24)2)30-26-16-25(20-7-5-12-29-17-20)32-27-23(26)11-13-33(27)3/h4-17H,1-3H3,(H,30,32)(H,31,34). The predicted molar refractivity (Wildman–Crippen MR) is 138 cm³/mol. The largest absolute Gasteiger partial charge is 0.355 e. The molecule has 0 bridgehead atoms. The molecular formula is C28H25N5O. The molecule has 0 spiro atoms. The topological polar surface area (TPSA) is 71.8 Å². The Morgan fingerprint density at radius 3 is 2.62 bits per heavy atom. The third kappa shape index (κ3) is 4.26. The average Bonchev–Trinajstić information content (AvgIpc) is 3.22. The molecule has 2 N–H and O–H groups in total. The molecule has 1 amide bonds. The zero-order valence-electron chi connectivity index (χ0n) is 19.3. The summed E-state index contributed by atoms with van der Waals surface area (Å²) in [5.41, 5.74) is 7.79. The lowest BCUT2D eigenvalue weighted by atomic mass is 10.1. The van der Waals surface area contributed by atoms with Crippen molar-refractivity contribution in [2.45, 2.75) is 13.8 Å². The maximum Gasteiger partial charge on any atom is 0.256 e. The summed E-state index contributed by atoms with van der Waals surface area (Å²) in [7, 11) is 1.98. The number of hydrogen-bond donors (Lipinski definition) is 2. The van der Waals surface area contributed by atoms with Gasteiger partial charge in [-0.25, -0.2) is 4.98 Å². The summed E-state index contributed by atoms with van der Waals surface area (Å²) in [4.78, 5) is 22.1. The van der Waals surface area contributed by atoms with Gasteiger partial charge in [0.05, 0.1) is 11.4 Å². The van der Waals surface area contributed by atoms with Crippen LogP contribution >= 0.6 is 0 Å². The second-order valence-electron chi connectivity index (χ2n) is 8.44. The lowest BCUT2D eigenvalue weighted by molar-refractivity contribution is 0.102. The Balaban J connectivity index is 1.50. The fraction of sp³-hybridized carbons (Fsp3) is 0.107. The van der Waals surface area contributed by atoms with Crippen molar-refractivity contribution in [3.8, 4) is 11.3 Å². The highest BCUT2D eigenvalue weighted by molar-refractivity contribution is 6.06. The van der Waals surface area contributed by atoms with Crippen molar-refractivity contribution in [3.05, 3.63) is 102 Å². The van der Waals surface area contributed by atoms with Gasteiger partial charge in [-0.3, -0.25) is 9.78 Å². The second-order valence-corrected chi connectivity index (χ2v) is 8.44. The lowest BCUT2D eigenvalue weighted by Crippen LogP contribution is -2.13. The number of amides is 1. The van der Waals surface area contributed by atoms with Crippen molar-refractivity contribution in [3.63, 3.8) is 0 Å². The van der Waals surface area contributed by atoms with Crippen molar-refractivity contribution in [1.29, 1.82) is 0 Å². The maximum atomic E-state index is 13.0. The molecule has 3 aromatic heterocycles. The Labute approximate surface area is 198 Å². The zero-order chi connectivity index (χ0) is 23.7. The normalized spacial score (nSPS) is 10.9. The number of hydrogen-bond acceptors (Lipinski definition) is 4. The fourth-order valence-corrected chi connectivity index (χ4v) is 4.02. The van der Waals surface area contributed by atoms with E-state index in [1.807, 2.05) is 98.4 Å². The van der Waals surface area contributed by atoms with Crippen LogP contribution in [0, 0.1) is 13.8 Å². The van der Waals surface area contributed by atoms with Crippen LogP contribution in [0.25, 0.3) is 22.3 Å². The number of aryl methyl sites for hydroxylation is 3. The van der Waals surface area contributed by atoms with Crippen LogP contribution in [0.1, 0.15) is 21.5 Å². The fourth-order valence-electron chi connectivity index (χ4n) is 4.02. The number of rotatable bonds is 5. The molecule has 0 fully saturated rings. The van der Waals surface area contributed by atoms with E-state index in [0.29, 0.717) is 5.56 Å². The summed E-state index contributed by atoms with van der Waals surface area (Å²) in [5.74, 6) is -0.137. The van der Waals surface area contributed by atoms with Gasteiger partial charge in [0, 0.05) is 53.5 Å². The van der Waals surface area contributed by atoms with Gasteiger partial charge in [-0.2, -0.15) is 0 Å². The Morgan fingerprint density at radius 1 is 0.941 bits per heavy atom. The highest BCUT2D eigenvalue weighted by atomic mass is 16.1. The number of carbonyl (C=O) groups is 1. The van der Waals surface area contributed by atoms with Crippen LogP contribution in [0.15, 0.2) is 85.3 Å². The van der Waals surface area contributed by atoms with E-state index in [2.05, 4.69) is 15.6 Å². The molecule has 0 aliphatic heterocycles. The van der Waals surface area contributed by atoms with E-state index in [1.165, 1.54) is 0 Å². The smallest absolute Gasteiger partial charge is 0.256 e. The molecule has 0 unspecified atom stereocenters. The van der Waals surface area contributed by atoms with Crippen LogP contribution in [0.2, 0.25) is 0 Å². The second kappa shape index (κ2) is 8.83. The van der Waals surface area contributed by atoms with Crippen molar-refractivity contribution in [2.24, 2.45) is 7.05 Å². The molecular weight excluding hydrogens is 422 g/mol. The first-order chi connectivity index (χ1) is 16.5. The molecule has 5 aromatic rings. The van der Waals surface area contributed by atoms with Crippen LogP contribution in [0.3, 0.4) is 0 Å². The molecule has 34 heavy (non-hydrogen) atoms.